The lowest BCUT2D eigenvalue weighted by molar-refractivity contribution is -0.467. The summed E-state index contributed by atoms with van der Waals surface area (Å²) in [4.78, 5) is 20.6. The highest BCUT2D eigenvalue weighted by atomic mass is 16.6. The largest absolute Gasteiger partial charge is 0.497 e. The Balaban J connectivity index is 2.57. The summed E-state index contributed by atoms with van der Waals surface area (Å²) in [5, 5.41) is 10.1. The molecule has 0 unspecified atom stereocenters. The lowest BCUT2D eigenvalue weighted by Gasteiger charge is -2.01. The first-order chi connectivity index (χ1) is 7.11. The molecule has 5 nitrogen and oxygen atoms in total. The van der Waals surface area contributed by atoms with Crippen LogP contribution in [0.4, 0.5) is 0 Å². The molecular formula is C10H11NO4. The highest BCUT2D eigenvalue weighted by Crippen LogP contribution is 2.11. The molecule has 0 N–H and O–H groups in total. The van der Waals surface area contributed by atoms with Crippen LogP contribution in [-0.4, -0.2) is 24.4 Å². The molecule has 0 aliphatic heterocycles. The van der Waals surface area contributed by atoms with Gasteiger partial charge in [-0.1, -0.05) is 12.1 Å². The third-order valence-corrected chi connectivity index (χ3v) is 1.87. The lowest BCUT2D eigenvalue weighted by atomic mass is 10.1. The summed E-state index contributed by atoms with van der Waals surface area (Å²) in [6.07, 6.45) is 0.0883. The van der Waals surface area contributed by atoms with Crippen LogP contribution < -0.4 is 4.74 Å². The van der Waals surface area contributed by atoms with Gasteiger partial charge in [-0.05, 0) is 17.7 Å². The Hall–Kier alpha value is -1.91. The molecule has 0 spiro atoms. The number of ketones is 1. The first-order valence-electron chi connectivity index (χ1n) is 4.38. The summed E-state index contributed by atoms with van der Waals surface area (Å²) in [6, 6.07) is 6.87. The second-order valence-corrected chi connectivity index (χ2v) is 3.05. The summed E-state index contributed by atoms with van der Waals surface area (Å²) >= 11 is 0. The van der Waals surface area contributed by atoms with Crippen LogP contribution in [-0.2, 0) is 11.2 Å². The monoisotopic (exact) mass is 209 g/mol. The van der Waals surface area contributed by atoms with Crippen molar-refractivity contribution in [3.05, 3.63) is 39.9 Å². The van der Waals surface area contributed by atoms with Crippen molar-refractivity contribution in [3.8, 4) is 5.75 Å². The predicted molar refractivity (Wildman–Crippen MR) is 53.6 cm³/mol. The fraction of sp³-hybridized carbons (Fsp3) is 0.300. The van der Waals surface area contributed by atoms with Gasteiger partial charge in [0.1, 0.15) is 5.75 Å². The summed E-state index contributed by atoms with van der Waals surface area (Å²) in [5.74, 6) is 0.297. The first kappa shape index (κ1) is 11.2. The van der Waals surface area contributed by atoms with Gasteiger partial charge in [-0.3, -0.25) is 14.9 Å². The van der Waals surface area contributed by atoms with Crippen molar-refractivity contribution in [2.75, 3.05) is 13.7 Å². The van der Waals surface area contributed by atoms with Gasteiger partial charge in [0.15, 0.2) is 0 Å². The van der Waals surface area contributed by atoms with Crippen molar-refractivity contribution < 1.29 is 14.5 Å². The van der Waals surface area contributed by atoms with E-state index < -0.39 is 17.3 Å². The molecule has 80 valence electrons. The van der Waals surface area contributed by atoms with Gasteiger partial charge in [-0.2, -0.15) is 0 Å². The smallest absolute Gasteiger partial charge is 0.261 e. The Kier molecular flexibility index (Phi) is 3.79. The van der Waals surface area contributed by atoms with Crippen molar-refractivity contribution in [1.29, 1.82) is 0 Å². The normalized spacial score (nSPS) is 9.67. The zero-order valence-corrected chi connectivity index (χ0v) is 8.30. The lowest BCUT2D eigenvalue weighted by Crippen LogP contribution is -2.15. The predicted octanol–water partition coefficient (Wildman–Crippen LogP) is 1.08. The number of benzene rings is 1. The number of ether oxygens (including phenoxy) is 1. The second kappa shape index (κ2) is 5.09. The molecule has 1 aromatic carbocycles. The number of nitrogens with zero attached hydrogens (tertiary/aromatic N) is 1. The van der Waals surface area contributed by atoms with Crippen molar-refractivity contribution >= 4 is 5.78 Å². The molecule has 0 heterocycles. The molecule has 0 radical (unpaired) electrons. The molecule has 0 aliphatic carbocycles. The van der Waals surface area contributed by atoms with Gasteiger partial charge in [0.05, 0.1) is 7.11 Å². The van der Waals surface area contributed by atoms with Gasteiger partial charge in [0, 0.05) is 11.3 Å². The van der Waals surface area contributed by atoms with Crippen LogP contribution in [0, 0.1) is 10.1 Å². The first-order valence-corrected chi connectivity index (χ1v) is 4.38. The van der Waals surface area contributed by atoms with Crippen molar-refractivity contribution in [3.63, 3.8) is 0 Å². The number of carbonyl (C=O) groups excluding carboxylic acids is 1. The van der Waals surface area contributed by atoms with Gasteiger partial charge in [-0.25, -0.2) is 0 Å². The average molecular weight is 209 g/mol. The minimum atomic E-state index is -0.619. The highest BCUT2D eigenvalue weighted by Gasteiger charge is 2.10. The van der Waals surface area contributed by atoms with Crippen LogP contribution in [0.5, 0.6) is 5.75 Å². The molecule has 5 heteroatoms. The molecule has 0 aliphatic rings. The van der Waals surface area contributed by atoms with Crippen molar-refractivity contribution in [1.82, 2.24) is 0 Å². The van der Waals surface area contributed by atoms with Gasteiger partial charge >= 0.3 is 0 Å². The maximum absolute atomic E-state index is 11.1. The Bertz CT molecular complexity index is 358. The van der Waals surface area contributed by atoms with E-state index in [4.69, 9.17) is 4.74 Å². The molecule has 0 atom stereocenters. The molecule has 0 fully saturated rings. The van der Waals surface area contributed by atoms with Gasteiger partial charge < -0.3 is 4.74 Å². The van der Waals surface area contributed by atoms with Crippen LogP contribution in [0.2, 0.25) is 0 Å². The van der Waals surface area contributed by atoms with Gasteiger partial charge in [-0.15, -0.1) is 0 Å². The van der Waals surface area contributed by atoms with E-state index in [0.717, 1.165) is 5.56 Å². The van der Waals surface area contributed by atoms with Crippen LogP contribution in [0.3, 0.4) is 0 Å². The minimum Gasteiger partial charge on any atom is -0.497 e. The van der Waals surface area contributed by atoms with E-state index in [1.807, 2.05) is 0 Å². The zero-order valence-electron chi connectivity index (χ0n) is 8.30. The van der Waals surface area contributed by atoms with Gasteiger partial charge in [0.2, 0.25) is 5.78 Å². The van der Waals surface area contributed by atoms with E-state index >= 15 is 0 Å². The van der Waals surface area contributed by atoms with E-state index in [9.17, 15) is 14.9 Å². The second-order valence-electron chi connectivity index (χ2n) is 3.05. The van der Waals surface area contributed by atoms with Gasteiger partial charge in [0.25, 0.3) is 6.54 Å². The summed E-state index contributed by atoms with van der Waals surface area (Å²) < 4.78 is 4.95. The van der Waals surface area contributed by atoms with E-state index in [1.165, 1.54) is 0 Å². The molecule has 0 bridgehead atoms. The molecule has 0 saturated carbocycles. The number of carbonyl (C=O) groups is 1. The van der Waals surface area contributed by atoms with E-state index in [-0.39, 0.29) is 6.42 Å². The fourth-order valence-corrected chi connectivity index (χ4v) is 1.17. The average Bonchev–Trinajstić information content (AvgIpc) is 2.17. The summed E-state index contributed by atoms with van der Waals surface area (Å²) in [7, 11) is 1.55. The SMILES string of the molecule is COc1ccc(CC(=O)C[N+](=O)[O-])cc1. The molecule has 0 saturated heterocycles. The Morgan fingerprint density at radius 2 is 2.00 bits per heavy atom. The minimum absolute atomic E-state index is 0.0883. The zero-order chi connectivity index (χ0) is 11.3. The van der Waals surface area contributed by atoms with Crippen LogP contribution in [0.25, 0.3) is 0 Å². The van der Waals surface area contributed by atoms with E-state index in [0.29, 0.717) is 5.75 Å². The number of methoxy groups -OCH3 is 1. The summed E-state index contributed by atoms with van der Waals surface area (Å²) in [5.41, 5.74) is 0.752. The number of hydrogen-bond acceptors (Lipinski definition) is 4. The number of rotatable bonds is 5. The number of nitro groups is 1. The Morgan fingerprint density at radius 3 is 2.47 bits per heavy atom. The summed E-state index contributed by atoms with van der Waals surface area (Å²) in [6.45, 7) is -0.619. The number of Topliss-reactive ketones (excluding diaryl/α,β-unsaturated/α-hetero) is 1. The quantitative estimate of drug-likeness (QED) is 0.537. The molecule has 0 aromatic heterocycles. The van der Waals surface area contributed by atoms with E-state index in [1.54, 1.807) is 31.4 Å². The Morgan fingerprint density at radius 1 is 1.40 bits per heavy atom. The topological polar surface area (TPSA) is 69.4 Å². The van der Waals surface area contributed by atoms with Crippen LogP contribution >= 0.6 is 0 Å². The third-order valence-electron chi connectivity index (χ3n) is 1.87. The fourth-order valence-electron chi connectivity index (χ4n) is 1.17. The number of hydrogen-bond donors (Lipinski definition) is 0. The van der Waals surface area contributed by atoms with E-state index in [2.05, 4.69) is 0 Å². The maximum Gasteiger partial charge on any atom is 0.261 e. The maximum atomic E-state index is 11.1. The van der Waals surface area contributed by atoms with Crippen LogP contribution in [0.15, 0.2) is 24.3 Å². The molecule has 0 amide bonds. The molecule has 1 rings (SSSR count). The molecule has 15 heavy (non-hydrogen) atoms. The standard InChI is InChI=1S/C10H11NO4/c1-15-10-4-2-8(3-5-10)6-9(12)7-11(13)14/h2-5H,6-7H2,1H3. The third kappa shape index (κ3) is 3.76. The van der Waals surface area contributed by atoms with Crippen molar-refractivity contribution in [2.24, 2.45) is 0 Å². The highest BCUT2D eigenvalue weighted by molar-refractivity contribution is 5.81. The van der Waals surface area contributed by atoms with Crippen LogP contribution in [0.1, 0.15) is 5.56 Å². The molecular weight excluding hydrogens is 198 g/mol. The molecule has 1 aromatic rings. The van der Waals surface area contributed by atoms with Crippen molar-refractivity contribution in [2.45, 2.75) is 6.42 Å². The Labute approximate surface area is 86.8 Å².